The topological polar surface area (TPSA) is 32.3 Å². The number of rotatable bonds is 5. The Morgan fingerprint density at radius 1 is 1.15 bits per heavy atom. The van der Waals surface area contributed by atoms with Crippen LogP contribution in [-0.4, -0.2) is 24.0 Å². The van der Waals surface area contributed by atoms with E-state index in [1.165, 1.54) is 5.56 Å². The summed E-state index contributed by atoms with van der Waals surface area (Å²) in [4.78, 5) is 13.7. The van der Waals surface area contributed by atoms with Crippen LogP contribution in [0, 0.1) is 0 Å². The number of carbonyl (C=O) groups excluding carboxylic acids is 1. The van der Waals surface area contributed by atoms with Gasteiger partial charge in [0.2, 0.25) is 0 Å². The molecule has 2 amide bonds. The summed E-state index contributed by atoms with van der Waals surface area (Å²) in [5.74, 6) is 0. The molecule has 0 fully saturated rings. The molecule has 0 radical (unpaired) electrons. The molecule has 20 heavy (non-hydrogen) atoms. The zero-order valence-electron chi connectivity index (χ0n) is 12.6. The van der Waals surface area contributed by atoms with Crippen molar-refractivity contribution in [2.45, 2.75) is 26.2 Å². The predicted molar refractivity (Wildman–Crippen MR) is 86.1 cm³/mol. The molecule has 0 aliphatic carbocycles. The minimum Gasteiger partial charge on any atom is -0.317 e. The van der Waals surface area contributed by atoms with E-state index < -0.39 is 0 Å². The molecule has 0 bridgehead atoms. The van der Waals surface area contributed by atoms with E-state index in [2.05, 4.69) is 39.2 Å². The van der Waals surface area contributed by atoms with E-state index in [9.17, 15) is 4.79 Å². The first kappa shape index (κ1) is 16.0. The number of nitrogens with one attached hydrogen (secondary N) is 1. The average Bonchev–Trinajstić information content (AvgIpc) is 2.38. The standard InChI is InChI=1S/C17H24N2O/c1-6-12-19(13-7-2)16(20)18-15-10-8-14(9-11-15)17(3,4)5/h6-11H,1-2,12-13H2,3-5H3,(H,18,20). The first-order valence-electron chi connectivity index (χ1n) is 6.76. The van der Waals surface area contributed by atoms with Crippen molar-refractivity contribution in [1.29, 1.82) is 0 Å². The zero-order chi connectivity index (χ0) is 15.2. The molecule has 0 unspecified atom stereocenters. The second-order valence-corrected chi connectivity index (χ2v) is 5.74. The SMILES string of the molecule is C=CCN(CC=C)C(=O)Nc1ccc(C(C)(C)C)cc1. The Hall–Kier alpha value is -2.03. The van der Waals surface area contributed by atoms with Crippen molar-refractivity contribution in [3.63, 3.8) is 0 Å². The van der Waals surface area contributed by atoms with E-state index in [4.69, 9.17) is 0 Å². The van der Waals surface area contributed by atoms with Crippen molar-refractivity contribution < 1.29 is 4.79 Å². The second-order valence-electron chi connectivity index (χ2n) is 5.74. The van der Waals surface area contributed by atoms with Crippen LogP contribution in [0.15, 0.2) is 49.6 Å². The lowest BCUT2D eigenvalue weighted by Gasteiger charge is -2.21. The fraction of sp³-hybridized carbons (Fsp3) is 0.353. The van der Waals surface area contributed by atoms with E-state index in [1.54, 1.807) is 17.1 Å². The minimum absolute atomic E-state index is 0.111. The Kier molecular flexibility index (Phi) is 5.56. The van der Waals surface area contributed by atoms with E-state index in [0.29, 0.717) is 13.1 Å². The molecule has 0 aromatic heterocycles. The van der Waals surface area contributed by atoms with Crippen LogP contribution < -0.4 is 5.32 Å². The lowest BCUT2D eigenvalue weighted by molar-refractivity contribution is 0.222. The number of nitrogens with zero attached hydrogens (tertiary/aromatic N) is 1. The Labute approximate surface area is 122 Å². The van der Waals surface area contributed by atoms with E-state index in [0.717, 1.165) is 5.69 Å². The van der Waals surface area contributed by atoms with Gasteiger partial charge in [0, 0.05) is 18.8 Å². The van der Waals surface area contributed by atoms with Crippen LogP contribution in [0.1, 0.15) is 26.3 Å². The van der Waals surface area contributed by atoms with Gasteiger partial charge in [0.15, 0.2) is 0 Å². The molecule has 1 rings (SSSR count). The summed E-state index contributed by atoms with van der Waals surface area (Å²) in [6, 6.07) is 7.80. The second kappa shape index (κ2) is 6.94. The van der Waals surface area contributed by atoms with Crippen LogP contribution in [0.4, 0.5) is 10.5 Å². The number of hydrogen-bond donors (Lipinski definition) is 1. The van der Waals surface area contributed by atoms with E-state index >= 15 is 0 Å². The van der Waals surface area contributed by atoms with Crippen molar-refractivity contribution in [2.75, 3.05) is 18.4 Å². The van der Waals surface area contributed by atoms with Gasteiger partial charge in [0.05, 0.1) is 0 Å². The van der Waals surface area contributed by atoms with Gasteiger partial charge in [-0.15, -0.1) is 13.2 Å². The maximum Gasteiger partial charge on any atom is 0.322 e. The minimum atomic E-state index is -0.145. The fourth-order valence-electron chi connectivity index (χ4n) is 1.81. The van der Waals surface area contributed by atoms with Gasteiger partial charge in [0.1, 0.15) is 0 Å². The molecule has 0 saturated heterocycles. The number of amides is 2. The van der Waals surface area contributed by atoms with E-state index in [1.807, 2.05) is 24.3 Å². The lowest BCUT2D eigenvalue weighted by Crippen LogP contribution is -2.35. The summed E-state index contributed by atoms with van der Waals surface area (Å²) in [7, 11) is 0. The van der Waals surface area contributed by atoms with Crippen molar-refractivity contribution >= 4 is 11.7 Å². The number of hydrogen-bond acceptors (Lipinski definition) is 1. The van der Waals surface area contributed by atoms with E-state index in [-0.39, 0.29) is 11.4 Å². The van der Waals surface area contributed by atoms with Gasteiger partial charge in [-0.2, -0.15) is 0 Å². The number of anilines is 1. The summed E-state index contributed by atoms with van der Waals surface area (Å²) >= 11 is 0. The van der Waals surface area contributed by atoms with Crippen LogP contribution >= 0.6 is 0 Å². The van der Waals surface area contributed by atoms with Crippen LogP contribution in [0.5, 0.6) is 0 Å². The molecule has 1 aromatic carbocycles. The summed E-state index contributed by atoms with van der Waals surface area (Å²) in [6.07, 6.45) is 3.40. The first-order chi connectivity index (χ1) is 9.38. The monoisotopic (exact) mass is 272 g/mol. The summed E-state index contributed by atoms with van der Waals surface area (Å²) in [6.45, 7) is 14.8. The molecular weight excluding hydrogens is 248 g/mol. The van der Waals surface area contributed by atoms with Crippen LogP contribution in [0.2, 0.25) is 0 Å². The highest BCUT2D eigenvalue weighted by Crippen LogP contribution is 2.23. The maximum atomic E-state index is 12.1. The largest absolute Gasteiger partial charge is 0.322 e. The molecule has 3 nitrogen and oxygen atoms in total. The van der Waals surface area contributed by atoms with Crippen molar-refractivity contribution in [1.82, 2.24) is 4.90 Å². The molecule has 0 aliphatic rings. The predicted octanol–water partition coefficient (Wildman–Crippen LogP) is 4.19. The quantitative estimate of drug-likeness (QED) is 0.801. The maximum absolute atomic E-state index is 12.1. The molecular formula is C17H24N2O. The number of urea groups is 1. The van der Waals surface area contributed by atoms with Crippen LogP contribution in [0.3, 0.4) is 0 Å². The van der Waals surface area contributed by atoms with Gasteiger partial charge in [-0.05, 0) is 23.1 Å². The molecule has 1 N–H and O–H groups in total. The van der Waals surface area contributed by atoms with Gasteiger partial charge in [0.25, 0.3) is 0 Å². The zero-order valence-corrected chi connectivity index (χ0v) is 12.6. The van der Waals surface area contributed by atoms with Gasteiger partial charge < -0.3 is 10.2 Å². The smallest absolute Gasteiger partial charge is 0.317 e. The Morgan fingerprint density at radius 2 is 1.65 bits per heavy atom. The highest BCUT2D eigenvalue weighted by molar-refractivity contribution is 5.89. The van der Waals surface area contributed by atoms with Gasteiger partial charge >= 0.3 is 6.03 Å². The third kappa shape index (κ3) is 4.57. The van der Waals surface area contributed by atoms with Gasteiger partial charge in [-0.1, -0.05) is 45.1 Å². The van der Waals surface area contributed by atoms with Crippen LogP contribution in [0.25, 0.3) is 0 Å². The third-order valence-electron chi connectivity index (χ3n) is 2.99. The molecule has 0 saturated carbocycles. The number of carbonyl (C=O) groups is 1. The molecule has 0 aliphatic heterocycles. The molecule has 0 atom stereocenters. The fourth-order valence-corrected chi connectivity index (χ4v) is 1.81. The summed E-state index contributed by atoms with van der Waals surface area (Å²) in [5.41, 5.74) is 2.14. The normalized spacial score (nSPS) is 10.8. The van der Waals surface area contributed by atoms with Crippen molar-refractivity contribution in [3.05, 3.63) is 55.1 Å². The molecule has 0 spiro atoms. The van der Waals surface area contributed by atoms with Gasteiger partial charge in [-0.3, -0.25) is 0 Å². The average molecular weight is 272 g/mol. The Morgan fingerprint density at radius 3 is 2.05 bits per heavy atom. The highest BCUT2D eigenvalue weighted by atomic mass is 16.2. The van der Waals surface area contributed by atoms with Crippen LogP contribution in [-0.2, 0) is 5.41 Å². The lowest BCUT2D eigenvalue weighted by atomic mass is 9.87. The third-order valence-corrected chi connectivity index (χ3v) is 2.99. The Balaban J connectivity index is 2.74. The highest BCUT2D eigenvalue weighted by Gasteiger charge is 2.14. The van der Waals surface area contributed by atoms with Crippen molar-refractivity contribution in [2.24, 2.45) is 0 Å². The molecule has 0 heterocycles. The van der Waals surface area contributed by atoms with Gasteiger partial charge in [-0.25, -0.2) is 4.79 Å². The Bertz CT molecular complexity index is 459. The summed E-state index contributed by atoms with van der Waals surface area (Å²) in [5, 5.41) is 2.88. The molecule has 1 aromatic rings. The number of benzene rings is 1. The molecule has 108 valence electrons. The molecule has 3 heteroatoms. The summed E-state index contributed by atoms with van der Waals surface area (Å²) < 4.78 is 0. The van der Waals surface area contributed by atoms with Crippen molar-refractivity contribution in [3.8, 4) is 0 Å². The first-order valence-corrected chi connectivity index (χ1v) is 6.76.